The van der Waals surface area contributed by atoms with Crippen molar-refractivity contribution in [1.82, 2.24) is 9.62 Å². The van der Waals surface area contributed by atoms with E-state index in [1.165, 1.54) is 11.3 Å². The fourth-order valence-corrected chi connectivity index (χ4v) is 5.14. The van der Waals surface area contributed by atoms with Crippen molar-refractivity contribution in [3.05, 3.63) is 16.3 Å². The van der Waals surface area contributed by atoms with Gasteiger partial charge in [-0.15, -0.1) is 11.3 Å². The molecule has 0 spiro atoms. The molecule has 0 bridgehead atoms. The molecule has 2 rings (SSSR count). The van der Waals surface area contributed by atoms with Crippen molar-refractivity contribution in [3.63, 3.8) is 0 Å². The van der Waals surface area contributed by atoms with Gasteiger partial charge < -0.3 is 5.32 Å². The fraction of sp³-hybridized carbons (Fsp3) is 0.636. The molecular formula is C11H18N2O2S2. The van der Waals surface area contributed by atoms with Crippen LogP contribution in [-0.4, -0.2) is 32.4 Å². The Balaban J connectivity index is 2.24. The van der Waals surface area contributed by atoms with Crippen LogP contribution in [0.1, 0.15) is 24.6 Å². The van der Waals surface area contributed by atoms with Gasteiger partial charge in [0.1, 0.15) is 0 Å². The Kier molecular flexibility index (Phi) is 3.87. The van der Waals surface area contributed by atoms with Crippen molar-refractivity contribution in [3.8, 4) is 0 Å². The highest BCUT2D eigenvalue weighted by atomic mass is 32.2. The van der Waals surface area contributed by atoms with Gasteiger partial charge in [0.15, 0.2) is 0 Å². The Morgan fingerprint density at radius 1 is 1.59 bits per heavy atom. The minimum atomic E-state index is -3.27. The molecule has 0 radical (unpaired) electrons. The molecule has 96 valence electrons. The highest BCUT2D eigenvalue weighted by Crippen LogP contribution is 2.28. The fourth-order valence-electron chi connectivity index (χ4n) is 2.16. The second kappa shape index (κ2) is 5.06. The molecule has 1 aromatic heterocycles. The summed E-state index contributed by atoms with van der Waals surface area (Å²) < 4.78 is 26.4. The van der Waals surface area contributed by atoms with Gasteiger partial charge in [-0.2, -0.15) is 4.31 Å². The van der Waals surface area contributed by atoms with Crippen LogP contribution in [0.5, 0.6) is 0 Å². The highest BCUT2D eigenvalue weighted by molar-refractivity contribution is 7.89. The predicted octanol–water partition coefficient (Wildman–Crippen LogP) is 1.64. The van der Waals surface area contributed by atoms with Crippen LogP contribution >= 0.6 is 11.3 Å². The SMILES string of the molecule is CNCc1cc(S(=O)(=O)N2CCCC2C)cs1. The van der Waals surface area contributed by atoms with E-state index >= 15 is 0 Å². The van der Waals surface area contributed by atoms with Crippen LogP contribution in [0.25, 0.3) is 0 Å². The number of hydrogen-bond acceptors (Lipinski definition) is 4. The molecule has 0 aliphatic carbocycles. The van der Waals surface area contributed by atoms with Gasteiger partial charge >= 0.3 is 0 Å². The predicted molar refractivity (Wildman–Crippen MR) is 69.7 cm³/mol. The molecule has 1 aromatic rings. The molecule has 1 aliphatic heterocycles. The molecule has 1 unspecified atom stereocenters. The average molecular weight is 274 g/mol. The zero-order valence-corrected chi connectivity index (χ0v) is 11.8. The largest absolute Gasteiger partial charge is 0.315 e. The summed E-state index contributed by atoms with van der Waals surface area (Å²) in [6.45, 7) is 3.35. The first-order valence-corrected chi connectivity index (χ1v) is 8.11. The van der Waals surface area contributed by atoms with E-state index in [1.807, 2.05) is 14.0 Å². The van der Waals surface area contributed by atoms with Gasteiger partial charge in [0, 0.05) is 29.4 Å². The van der Waals surface area contributed by atoms with Gasteiger partial charge in [-0.05, 0) is 32.9 Å². The van der Waals surface area contributed by atoms with E-state index in [0.717, 1.165) is 24.3 Å². The van der Waals surface area contributed by atoms with Crippen LogP contribution in [0.3, 0.4) is 0 Å². The molecule has 17 heavy (non-hydrogen) atoms. The highest BCUT2D eigenvalue weighted by Gasteiger charge is 2.33. The maximum atomic E-state index is 12.4. The lowest BCUT2D eigenvalue weighted by Gasteiger charge is -2.19. The smallest absolute Gasteiger partial charge is 0.244 e. The molecule has 1 aliphatic rings. The van der Waals surface area contributed by atoms with Crippen molar-refractivity contribution in [2.45, 2.75) is 37.2 Å². The minimum absolute atomic E-state index is 0.132. The third-order valence-electron chi connectivity index (χ3n) is 3.08. The normalized spacial score (nSPS) is 22.1. The van der Waals surface area contributed by atoms with Crippen LogP contribution in [0.2, 0.25) is 0 Å². The maximum absolute atomic E-state index is 12.4. The number of nitrogens with one attached hydrogen (secondary N) is 1. The van der Waals surface area contributed by atoms with E-state index in [9.17, 15) is 8.42 Å². The molecule has 1 saturated heterocycles. The monoisotopic (exact) mass is 274 g/mol. The zero-order chi connectivity index (χ0) is 12.5. The van der Waals surface area contributed by atoms with Gasteiger partial charge in [0.2, 0.25) is 10.0 Å². The van der Waals surface area contributed by atoms with E-state index in [4.69, 9.17) is 0 Å². The topological polar surface area (TPSA) is 49.4 Å². The first-order chi connectivity index (χ1) is 8.05. The van der Waals surface area contributed by atoms with E-state index < -0.39 is 10.0 Å². The average Bonchev–Trinajstić information content (AvgIpc) is 2.87. The van der Waals surface area contributed by atoms with Crippen LogP contribution in [0, 0.1) is 0 Å². The quantitative estimate of drug-likeness (QED) is 0.908. The maximum Gasteiger partial charge on any atom is 0.244 e. The summed E-state index contributed by atoms with van der Waals surface area (Å²) in [6.07, 6.45) is 1.93. The molecule has 0 amide bonds. The van der Waals surface area contributed by atoms with Crippen LogP contribution in [0.4, 0.5) is 0 Å². The number of hydrogen-bond donors (Lipinski definition) is 1. The van der Waals surface area contributed by atoms with Gasteiger partial charge in [-0.3, -0.25) is 0 Å². The molecule has 2 heterocycles. The first-order valence-electron chi connectivity index (χ1n) is 5.79. The summed E-state index contributed by atoms with van der Waals surface area (Å²) >= 11 is 1.49. The van der Waals surface area contributed by atoms with Gasteiger partial charge in [0.05, 0.1) is 4.90 Å². The molecule has 4 nitrogen and oxygen atoms in total. The summed E-state index contributed by atoms with van der Waals surface area (Å²) in [5, 5.41) is 4.77. The molecule has 1 atom stereocenters. The second-order valence-corrected chi connectivity index (χ2v) is 7.27. The number of rotatable bonds is 4. The molecule has 1 N–H and O–H groups in total. The Bertz CT molecular complexity index is 481. The van der Waals surface area contributed by atoms with Gasteiger partial charge in [0.25, 0.3) is 0 Å². The van der Waals surface area contributed by atoms with Crippen molar-refractivity contribution in [1.29, 1.82) is 0 Å². The van der Waals surface area contributed by atoms with Crippen molar-refractivity contribution in [2.75, 3.05) is 13.6 Å². The molecule has 0 saturated carbocycles. The van der Waals surface area contributed by atoms with Crippen molar-refractivity contribution in [2.24, 2.45) is 0 Å². The Labute approximate surface area is 107 Å². The van der Waals surface area contributed by atoms with E-state index in [0.29, 0.717) is 11.4 Å². The lowest BCUT2D eigenvalue weighted by atomic mass is 10.3. The first kappa shape index (κ1) is 13.0. The van der Waals surface area contributed by atoms with Crippen molar-refractivity contribution >= 4 is 21.4 Å². The summed E-state index contributed by atoms with van der Waals surface area (Å²) in [6, 6.07) is 1.91. The third-order valence-corrected chi connectivity index (χ3v) is 6.16. The summed E-state index contributed by atoms with van der Waals surface area (Å²) in [7, 11) is -1.41. The van der Waals surface area contributed by atoms with Crippen LogP contribution in [-0.2, 0) is 16.6 Å². The number of thiophene rings is 1. The third kappa shape index (κ3) is 2.54. The standard InChI is InChI=1S/C11H18N2O2S2/c1-9-4-3-5-13(9)17(14,15)11-6-10(7-12-2)16-8-11/h6,8-9,12H,3-5,7H2,1-2H3. The molecular weight excluding hydrogens is 256 g/mol. The van der Waals surface area contributed by atoms with E-state index in [2.05, 4.69) is 5.32 Å². The zero-order valence-electron chi connectivity index (χ0n) is 10.1. The van der Waals surface area contributed by atoms with Gasteiger partial charge in [-0.25, -0.2) is 8.42 Å². The number of nitrogens with zero attached hydrogens (tertiary/aromatic N) is 1. The lowest BCUT2D eigenvalue weighted by Crippen LogP contribution is -2.33. The summed E-state index contributed by atoms with van der Waals surface area (Å²) in [4.78, 5) is 1.50. The van der Waals surface area contributed by atoms with E-state index in [-0.39, 0.29) is 6.04 Å². The molecule has 0 aromatic carbocycles. The Morgan fingerprint density at radius 3 is 2.94 bits per heavy atom. The minimum Gasteiger partial charge on any atom is -0.315 e. The number of sulfonamides is 1. The second-order valence-electron chi connectivity index (χ2n) is 4.39. The lowest BCUT2D eigenvalue weighted by molar-refractivity contribution is 0.408. The molecule has 6 heteroatoms. The van der Waals surface area contributed by atoms with Crippen molar-refractivity contribution < 1.29 is 8.42 Å². The Morgan fingerprint density at radius 2 is 2.35 bits per heavy atom. The van der Waals surface area contributed by atoms with Crippen LogP contribution < -0.4 is 5.32 Å². The van der Waals surface area contributed by atoms with Gasteiger partial charge in [-0.1, -0.05) is 0 Å². The molecule has 1 fully saturated rings. The summed E-state index contributed by atoms with van der Waals surface area (Å²) in [5.74, 6) is 0. The summed E-state index contributed by atoms with van der Waals surface area (Å²) in [5.41, 5.74) is 0. The van der Waals surface area contributed by atoms with Crippen LogP contribution in [0.15, 0.2) is 16.3 Å². The Hall–Kier alpha value is -0.430. The van der Waals surface area contributed by atoms with E-state index in [1.54, 1.807) is 15.8 Å².